The molecule has 0 saturated heterocycles. The Kier molecular flexibility index (Phi) is 5.85. The number of benzene rings is 3. The predicted molar refractivity (Wildman–Crippen MR) is 109 cm³/mol. The Morgan fingerprint density at radius 3 is 2.19 bits per heavy atom. The summed E-state index contributed by atoms with van der Waals surface area (Å²) >= 11 is 0. The van der Waals surface area contributed by atoms with Crippen LogP contribution in [0.5, 0.6) is 0 Å². The highest BCUT2D eigenvalue weighted by Gasteiger charge is 2.16. The van der Waals surface area contributed by atoms with Gasteiger partial charge in [0.2, 0.25) is 0 Å². The van der Waals surface area contributed by atoms with Crippen molar-refractivity contribution in [2.24, 2.45) is 0 Å². The first-order valence-corrected chi connectivity index (χ1v) is 8.81. The second-order valence-electron chi connectivity index (χ2n) is 6.25. The van der Waals surface area contributed by atoms with Gasteiger partial charge in [-0.3, -0.25) is 0 Å². The molecule has 1 unspecified atom stereocenters. The minimum Gasteiger partial charge on any atom is -0.360 e. The summed E-state index contributed by atoms with van der Waals surface area (Å²) in [7, 11) is 0. The van der Waals surface area contributed by atoms with Crippen molar-refractivity contribution in [2.45, 2.75) is 19.5 Å². The second-order valence-corrected chi connectivity index (χ2v) is 6.25. The van der Waals surface area contributed by atoms with Crippen LogP contribution in [-0.2, 0) is 6.54 Å². The normalized spacial score (nSPS) is 11.8. The predicted octanol–water partition coefficient (Wildman–Crippen LogP) is 5.67. The summed E-state index contributed by atoms with van der Waals surface area (Å²) in [5, 5.41) is 9.53. The van der Waals surface area contributed by atoms with Gasteiger partial charge in [-0.15, -0.1) is 0 Å². The van der Waals surface area contributed by atoms with E-state index in [0.717, 1.165) is 12.2 Å². The van der Waals surface area contributed by atoms with Gasteiger partial charge >= 0.3 is 0 Å². The third-order valence-corrected chi connectivity index (χ3v) is 4.39. The number of anilines is 1. The van der Waals surface area contributed by atoms with E-state index in [1.807, 2.05) is 60.7 Å². The first kappa shape index (κ1) is 17.5. The van der Waals surface area contributed by atoms with Gasteiger partial charge in [0, 0.05) is 12.6 Å². The minimum absolute atomic E-state index is 0.143. The van der Waals surface area contributed by atoms with Gasteiger partial charge in [-0.25, -0.2) is 0 Å². The van der Waals surface area contributed by atoms with E-state index in [9.17, 15) is 5.26 Å². The van der Waals surface area contributed by atoms with Gasteiger partial charge in [0.05, 0.1) is 11.3 Å². The molecule has 0 N–H and O–H groups in total. The molecular formula is C24H22N2. The molecule has 0 spiro atoms. The summed E-state index contributed by atoms with van der Waals surface area (Å²) in [6.07, 6.45) is 4.32. The van der Waals surface area contributed by atoms with Crippen molar-refractivity contribution in [2.75, 3.05) is 4.90 Å². The average molecular weight is 338 g/mol. The van der Waals surface area contributed by atoms with Gasteiger partial charge in [0.15, 0.2) is 0 Å². The number of rotatable bonds is 6. The first-order valence-electron chi connectivity index (χ1n) is 8.81. The van der Waals surface area contributed by atoms with Gasteiger partial charge in [0.1, 0.15) is 6.07 Å². The smallest absolute Gasteiger partial charge is 0.101 e. The summed E-state index contributed by atoms with van der Waals surface area (Å²) < 4.78 is 0. The molecule has 128 valence electrons. The highest BCUT2D eigenvalue weighted by Crippen LogP contribution is 2.25. The zero-order valence-electron chi connectivity index (χ0n) is 14.9. The molecule has 0 fully saturated rings. The van der Waals surface area contributed by atoms with E-state index < -0.39 is 0 Å². The maximum absolute atomic E-state index is 9.53. The quantitative estimate of drug-likeness (QED) is 0.579. The molecule has 0 aliphatic heterocycles. The summed E-state index contributed by atoms with van der Waals surface area (Å²) in [5.74, 6) is 0. The Hall–Kier alpha value is -3.31. The lowest BCUT2D eigenvalue weighted by molar-refractivity contribution is 0.734. The van der Waals surface area contributed by atoms with Crippen LogP contribution in [0.25, 0.3) is 6.08 Å². The molecule has 0 heterocycles. The van der Waals surface area contributed by atoms with Crippen LogP contribution >= 0.6 is 0 Å². The summed E-state index contributed by atoms with van der Waals surface area (Å²) in [6, 6.07) is 30.9. The Morgan fingerprint density at radius 1 is 0.885 bits per heavy atom. The van der Waals surface area contributed by atoms with E-state index >= 15 is 0 Å². The molecule has 0 aliphatic rings. The number of nitrogens with zero attached hydrogens (tertiary/aromatic N) is 2. The number of hydrogen-bond acceptors (Lipinski definition) is 2. The van der Waals surface area contributed by atoms with Crippen LogP contribution in [0.2, 0.25) is 0 Å². The van der Waals surface area contributed by atoms with E-state index in [0.29, 0.717) is 5.56 Å². The lowest BCUT2D eigenvalue weighted by atomic mass is 10.1. The first-order chi connectivity index (χ1) is 12.8. The monoisotopic (exact) mass is 338 g/mol. The molecule has 0 aliphatic carbocycles. The van der Waals surface area contributed by atoms with Crippen LogP contribution in [0.4, 0.5) is 5.69 Å². The van der Waals surface area contributed by atoms with Crippen LogP contribution in [0, 0.1) is 11.3 Å². The molecule has 0 amide bonds. The fourth-order valence-electron chi connectivity index (χ4n) is 2.97. The summed E-state index contributed by atoms with van der Waals surface area (Å²) in [4.78, 5) is 2.27. The van der Waals surface area contributed by atoms with Crippen molar-refractivity contribution in [1.29, 1.82) is 5.26 Å². The van der Waals surface area contributed by atoms with E-state index in [1.54, 1.807) is 0 Å². The molecule has 0 radical (unpaired) electrons. The SMILES string of the molecule is CC(/C=C\c1ccccc1)N(Cc1ccccc1)c1ccccc1C#N. The van der Waals surface area contributed by atoms with Gasteiger partial charge < -0.3 is 4.90 Å². The maximum atomic E-state index is 9.53. The molecule has 0 bridgehead atoms. The number of hydrogen-bond donors (Lipinski definition) is 0. The van der Waals surface area contributed by atoms with Gasteiger partial charge in [-0.2, -0.15) is 5.26 Å². The van der Waals surface area contributed by atoms with Crippen LogP contribution in [0.1, 0.15) is 23.6 Å². The third kappa shape index (κ3) is 4.40. The lowest BCUT2D eigenvalue weighted by Crippen LogP contribution is -2.31. The van der Waals surface area contributed by atoms with Gasteiger partial charge in [0.25, 0.3) is 0 Å². The van der Waals surface area contributed by atoms with Crippen molar-refractivity contribution in [3.8, 4) is 6.07 Å². The molecular weight excluding hydrogens is 316 g/mol. The molecule has 3 aromatic carbocycles. The van der Waals surface area contributed by atoms with E-state index in [1.165, 1.54) is 11.1 Å². The van der Waals surface area contributed by atoms with Crippen molar-refractivity contribution in [3.63, 3.8) is 0 Å². The summed E-state index contributed by atoms with van der Waals surface area (Å²) in [6.45, 7) is 2.91. The number of para-hydroxylation sites is 1. The van der Waals surface area contributed by atoms with Crippen molar-refractivity contribution >= 4 is 11.8 Å². The fourth-order valence-corrected chi connectivity index (χ4v) is 2.97. The molecule has 3 aromatic rings. The zero-order valence-corrected chi connectivity index (χ0v) is 14.9. The second kappa shape index (κ2) is 8.69. The van der Waals surface area contributed by atoms with Crippen molar-refractivity contribution in [3.05, 3.63) is 108 Å². The molecule has 2 nitrogen and oxygen atoms in total. The maximum Gasteiger partial charge on any atom is 0.101 e. The average Bonchev–Trinajstić information content (AvgIpc) is 2.72. The minimum atomic E-state index is 0.143. The highest BCUT2D eigenvalue weighted by molar-refractivity contribution is 5.61. The number of nitriles is 1. The summed E-state index contributed by atoms with van der Waals surface area (Å²) in [5.41, 5.74) is 4.06. The van der Waals surface area contributed by atoms with E-state index in [4.69, 9.17) is 0 Å². The highest BCUT2D eigenvalue weighted by atomic mass is 15.2. The fraction of sp³-hybridized carbons (Fsp3) is 0.125. The molecule has 1 atom stereocenters. The Labute approximate surface area is 155 Å². The molecule has 0 aromatic heterocycles. The van der Waals surface area contributed by atoms with Gasteiger partial charge in [-0.1, -0.05) is 84.9 Å². The topological polar surface area (TPSA) is 27.0 Å². The molecule has 3 rings (SSSR count). The van der Waals surface area contributed by atoms with Crippen LogP contribution in [0.15, 0.2) is 91.0 Å². The Morgan fingerprint density at radius 2 is 1.50 bits per heavy atom. The molecule has 2 heteroatoms. The zero-order chi connectivity index (χ0) is 18.2. The van der Waals surface area contributed by atoms with Gasteiger partial charge in [-0.05, 0) is 30.2 Å². The largest absolute Gasteiger partial charge is 0.360 e. The Balaban J connectivity index is 1.92. The van der Waals surface area contributed by atoms with Crippen molar-refractivity contribution in [1.82, 2.24) is 0 Å². The third-order valence-electron chi connectivity index (χ3n) is 4.39. The van der Waals surface area contributed by atoms with Crippen LogP contribution in [0.3, 0.4) is 0 Å². The lowest BCUT2D eigenvalue weighted by Gasteiger charge is -2.30. The van der Waals surface area contributed by atoms with Crippen LogP contribution < -0.4 is 4.90 Å². The Bertz CT molecular complexity index is 892. The van der Waals surface area contributed by atoms with Crippen LogP contribution in [-0.4, -0.2) is 6.04 Å². The van der Waals surface area contributed by atoms with E-state index in [2.05, 4.69) is 54.3 Å². The molecule has 26 heavy (non-hydrogen) atoms. The standard InChI is InChI=1S/C24H22N2/c1-20(16-17-21-10-4-2-5-11-21)26(19-22-12-6-3-7-13-22)24-15-9-8-14-23(24)18-25/h2-17,20H,19H2,1H3/b17-16-. The van der Waals surface area contributed by atoms with Crippen molar-refractivity contribution < 1.29 is 0 Å². The molecule has 0 saturated carbocycles. The van der Waals surface area contributed by atoms with E-state index in [-0.39, 0.29) is 6.04 Å².